The molecule has 0 bridgehead atoms. The van der Waals surface area contributed by atoms with Crippen LogP contribution in [0.15, 0.2) is 18.2 Å². The summed E-state index contributed by atoms with van der Waals surface area (Å²) in [6.07, 6.45) is -4.51. The SMILES string of the molecule is Cc1ccc(OCC(=O)NCC(F)(F)F)c(C(=O)O)c1. The van der Waals surface area contributed by atoms with Crippen molar-refractivity contribution in [2.75, 3.05) is 13.2 Å². The van der Waals surface area contributed by atoms with E-state index in [2.05, 4.69) is 0 Å². The number of aryl methyl sites for hydroxylation is 1. The first-order valence-corrected chi connectivity index (χ1v) is 5.49. The molecule has 0 unspecified atom stereocenters. The Balaban J connectivity index is 2.62. The van der Waals surface area contributed by atoms with E-state index in [9.17, 15) is 22.8 Å². The maximum atomic E-state index is 11.9. The van der Waals surface area contributed by atoms with E-state index in [0.29, 0.717) is 5.56 Å². The van der Waals surface area contributed by atoms with Crippen LogP contribution >= 0.6 is 0 Å². The van der Waals surface area contributed by atoms with Crippen LogP contribution < -0.4 is 10.1 Å². The molecule has 110 valence electrons. The second-order valence-corrected chi connectivity index (χ2v) is 3.99. The van der Waals surface area contributed by atoms with Gasteiger partial charge in [0, 0.05) is 0 Å². The van der Waals surface area contributed by atoms with Crippen LogP contribution in [-0.2, 0) is 4.79 Å². The first-order valence-electron chi connectivity index (χ1n) is 5.49. The van der Waals surface area contributed by atoms with Gasteiger partial charge >= 0.3 is 12.1 Å². The lowest BCUT2D eigenvalue weighted by Gasteiger charge is -2.11. The standard InChI is InChI=1S/C12H12F3NO4/c1-7-2-3-9(8(4-7)11(18)19)20-5-10(17)16-6-12(13,14)15/h2-4H,5-6H2,1H3,(H,16,17)(H,18,19). The number of amides is 1. The van der Waals surface area contributed by atoms with Crippen molar-refractivity contribution in [3.8, 4) is 5.75 Å². The number of ether oxygens (including phenoxy) is 1. The number of halogens is 3. The highest BCUT2D eigenvalue weighted by Crippen LogP contribution is 2.20. The van der Waals surface area contributed by atoms with Gasteiger partial charge < -0.3 is 15.2 Å². The third-order valence-corrected chi connectivity index (χ3v) is 2.21. The van der Waals surface area contributed by atoms with Crippen LogP contribution in [0.2, 0.25) is 0 Å². The van der Waals surface area contributed by atoms with Crippen molar-refractivity contribution in [3.05, 3.63) is 29.3 Å². The summed E-state index contributed by atoms with van der Waals surface area (Å²) in [6, 6.07) is 4.25. The number of rotatable bonds is 5. The van der Waals surface area contributed by atoms with Gasteiger partial charge in [-0.15, -0.1) is 0 Å². The number of nitrogens with one attached hydrogen (secondary N) is 1. The highest BCUT2D eigenvalue weighted by molar-refractivity contribution is 5.91. The number of hydrogen-bond donors (Lipinski definition) is 2. The van der Waals surface area contributed by atoms with Gasteiger partial charge in [0.2, 0.25) is 0 Å². The fourth-order valence-corrected chi connectivity index (χ4v) is 1.33. The molecule has 20 heavy (non-hydrogen) atoms. The summed E-state index contributed by atoms with van der Waals surface area (Å²) in [5, 5.41) is 10.6. The number of aromatic carboxylic acids is 1. The van der Waals surface area contributed by atoms with Gasteiger partial charge in [-0.3, -0.25) is 4.79 Å². The van der Waals surface area contributed by atoms with Gasteiger partial charge in [0.25, 0.3) is 5.91 Å². The lowest BCUT2D eigenvalue weighted by molar-refractivity contribution is -0.139. The Labute approximate surface area is 112 Å². The Morgan fingerprint density at radius 2 is 2.00 bits per heavy atom. The van der Waals surface area contributed by atoms with Gasteiger partial charge in [-0.05, 0) is 19.1 Å². The van der Waals surface area contributed by atoms with E-state index in [1.807, 2.05) is 0 Å². The van der Waals surface area contributed by atoms with Crippen LogP contribution in [0, 0.1) is 6.92 Å². The molecule has 2 N–H and O–H groups in total. The van der Waals surface area contributed by atoms with Crippen molar-refractivity contribution in [2.24, 2.45) is 0 Å². The van der Waals surface area contributed by atoms with Gasteiger partial charge in [-0.1, -0.05) is 11.6 Å². The third-order valence-electron chi connectivity index (χ3n) is 2.21. The number of carboxylic acid groups (broad SMARTS) is 1. The van der Waals surface area contributed by atoms with E-state index >= 15 is 0 Å². The van der Waals surface area contributed by atoms with Crippen LogP contribution in [0.3, 0.4) is 0 Å². The molecule has 1 aromatic carbocycles. The Kier molecular flexibility index (Phi) is 4.95. The smallest absolute Gasteiger partial charge is 0.405 e. The largest absolute Gasteiger partial charge is 0.483 e. The fourth-order valence-electron chi connectivity index (χ4n) is 1.33. The fraction of sp³-hybridized carbons (Fsp3) is 0.333. The van der Waals surface area contributed by atoms with Gasteiger partial charge in [0.15, 0.2) is 6.61 Å². The molecule has 1 amide bonds. The minimum atomic E-state index is -4.51. The molecule has 0 radical (unpaired) electrons. The van der Waals surface area contributed by atoms with Crippen LogP contribution in [0.4, 0.5) is 13.2 Å². The molecule has 0 aliphatic rings. The van der Waals surface area contributed by atoms with E-state index in [1.165, 1.54) is 12.1 Å². The molecule has 1 rings (SSSR count). The molecule has 5 nitrogen and oxygen atoms in total. The summed E-state index contributed by atoms with van der Waals surface area (Å²) in [6.45, 7) is -0.486. The molecule has 0 saturated heterocycles. The van der Waals surface area contributed by atoms with Crippen LogP contribution in [0.5, 0.6) is 5.75 Å². The molecule has 0 saturated carbocycles. The third kappa shape index (κ3) is 5.17. The van der Waals surface area contributed by atoms with Crippen molar-refractivity contribution < 1.29 is 32.6 Å². The number of carboxylic acids is 1. The molecule has 0 heterocycles. The van der Waals surface area contributed by atoms with Gasteiger partial charge in [-0.2, -0.15) is 13.2 Å². The molecule has 0 spiro atoms. The Bertz CT molecular complexity index is 514. The summed E-state index contributed by atoms with van der Waals surface area (Å²) in [5.41, 5.74) is 0.518. The number of carbonyl (C=O) groups excluding carboxylic acids is 1. The van der Waals surface area contributed by atoms with E-state index in [-0.39, 0.29) is 11.3 Å². The minimum Gasteiger partial charge on any atom is -0.483 e. The average Bonchev–Trinajstić information content (AvgIpc) is 2.33. The maximum absolute atomic E-state index is 11.9. The summed E-state index contributed by atoms with van der Waals surface area (Å²) in [7, 11) is 0. The predicted octanol–water partition coefficient (Wildman–Crippen LogP) is 1.75. The minimum absolute atomic E-state index is 0.0785. The molecule has 0 atom stereocenters. The quantitative estimate of drug-likeness (QED) is 0.866. The van der Waals surface area contributed by atoms with E-state index in [0.717, 1.165) is 0 Å². The zero-order valence-corrected chi connectivity index (χ0v) is 10.5. The summed E-state index contributed by atoms with van der Waals surface area (Å²) in [4.78, 5) is 22.1. The van der Waals surface area contributed by atoms with E-state index < -0.39 is 31.2 Å². The van der Waals surface area contributed by atoms with Crippen molar-refractivity contribution in [2.45, 2.75) is 13.1 Å². The first-order chi connectivity index (χ1) is 9.19. The lowest BCUT2D eigenvalue weighted by atomic mass is 10.1. The highest BCUT2D eigenvalue weighted by atomic mass is 19.4. The molecule has 0 fully saturated rings. The lowest BCUT2D eigenvalue weighted by Crippen LogP contribution is -2.36. The van der Waals surface area contributed by atoms with Crippen molar-refractivity contribution in [1.82, 2.24) is 5.32 Å². The molecule has 1 aromatic rings. The molecule has 8 heteroatoms. The van der Waals surface area contributed by atoms with Gasteiger partial charge in [0.1, 0.15) is 17.9 Å². The summed E-state index contributed by atoms with van der Waals surface area (Å²) in [5.74, 6) is -2.32. The van der Waals surface area contributed by atoms with Crippen LogP contribution in [0.25, 0.3) is 0 Å². The average molecular weight is 291 g/mol. The second-order valence-electron chi connectivity index (χ2n) is 3.99. The topological polar surface area (TPSA) is 75.6 Å². The molecule has 0 aliphatic heterocycles. The van der Waals surface area contributed by atoms with Crippen LogP contribution in [0.1, 0.15) is 15.9 Å². The monoisotopic (exact) mass is 291 g/mol. The number of hydrogen-bond acceptors (Lipinski definition) is 3. The van der Waals surface area contributed by atoms with Crippen molar-refractivity contribution in [1.29, 1.82) is 0 Å². The normalized spacial score (nSPS) is 11.0. The number of benzene rings is 1. The van der Waals surface area contributed by atoms with Gasteiger partial charge in [-0.25, -0.2) is 4.79 Å². The van der Waals surface area contributed by atoms with Crippen molar-refractivity contribution >= 4 is 11.9 Å². The Morgan fingerprint density at radius 1 is 1.35 bits per heavy atom. The van der Waals surface area contributed by atoms with E-state index in [4.69, 9.17) is 9.84 Å². The molecule has 0 aliphatic carbocycles. The van der Waals surface area contributed by atoms with Crippen LogP contribution in [-0.4, -0.2) is 36.3 Å². The Morgan fingerprint density at radius 3 is 2.55 bits per heavy atom. The maximum Gasteiger partial charge on any atom is 0.405 e. The molecular formula is C12H12F3NO4. The zero-order valence-electron chi connectivity index (χ0n) is 10.5. The summed E-state index contributed by atoms with van der Waals surface area (Å²) < 4.78 is 40.5. The predicted molar refractivity (Wildman–Crippen MR) is 62.7 cm³/mol. The molecule has 0 aromatic heterocycles. The summed E-state index contributed by atoms with van der Waals surface area (Å²) >= 11 is 0. The zero-order chi connectivity index (χ0) is 15.3. The first kappa shape index (κ1) is 15.8. The Hall–Kier alpha value is -2.25. The molecular weight excluding hydrogens is 279 g/mol. The van der Waals surface area contributed by atoms with Crippen molar-refractivity contribution in [3.63, 3.8) is 0 Å². The van der Waals surface area contributed by atoms with E-state index in [1.54, 1.807) is 18.3 Å². The highest BCUT2D eigenvalue weighted by Gasteiger charge is 2.27. The number of carbonyl (C=O) groups is 2. The number of alkyl halides is 3. The second kappa shape index (κ2) is 6.27. The van der Waals surface area contributed by atoms with Gasteiger partial charge in [0.05, 0.1) is 0 Å².